The Morgan fingerprint density at radius 1 is 1.14 bits per heavy atom. The van der Waals surface area contributed by atoms with E-state index < -0.39 is 11.5 Å². The molecule has 2 fully saturated rings. The van der Waals surface area contributed by atoms with Gasteiger partial charge in [-0.05, 0) is 42.7 Å². The summed E-state index contributed by atoms with van der Waals surface area (Å²) in [5.74, 6) is 0.880. The minimum absolute atomic E-state index is 0.114. The number of fused-ring (bicyclic) bond motifs is 4. The number of nitrogens with one attached hydrogen (secondary N) is 1. The smallest absolute Gasteiger partial charge is 0.273 e. The highest BCUT2D eigenvalue weighted by atomic mass is 16.5. The van der Waals surface area contributed by atoms with E-state index in [0.717, 1.165) is 53.6 Å². The number of pyridine rings is 1. The zero-order valence-electron chi connectivity index (χ0n) is 20.6. The molecule has 2 aromatic heterocycles. The number of methoxy groups -OCH3 is 1. The fourth-order valence-electron chi connectivity index (χ4n) is 6.56. The fourth-order valence-corrected chi connectivity index (χ4v) is 6.56. The maximum atomic E-state index is 13.6. The Labute approximate surface area is 210 Å². The molecule has 2 amide bonds. The molecule has 8 heteroatoms. The molecule has 1 saturated carbocycles. The van der Waals surface area contributed by atoms with E-state index in [0.29, 0.717) is 25.3 Å². The number of likely N-dealkylation sites (tertiary alicyclic amines) is 1. The van der Waals surface area contributed by atoms with Gasteiger partial charge in [0.15, 0.2) is 0 Å². The second-order valence-electron chi connectivity index (χ2n) is 10.5. The molecule has 1 saturated heterocycles. The summed E-state index contributed by atoms with van der Waals surface area (Å²) in [4.78, 5) is 38.4. The third kappa shape index (κ3) is 3.58. The van der Waals surface area contributed by atoms with E-state index in [2.05, 4.69) is 9.97 Å². The number of benzene rings is 1. The highest BCUT2D eigenvalue weighted by Crippen LogP contribution is 2.49. The fraction of sp³-hybridized carbons (Fsp3) is 0.464. The first-order valence-electron chi connectivity index (χ1n) is 12.9. The first kappa shape index (κ1) is 23.0. The molecule has 1 spiro atoms. The van der Waals surface area contributed by atoms with Gasteiger partial charge < -0.3 is 24.6 Å². The van der Waals surface area contributed by atoms with E-state index in [1.54, 1.807) is 36.4 Å². The van der Waals surface area contributed by atoms with E-state index >= 15 is 0 Å². The summed E-state index contributed by atoms with van der Waals surface area (Å²) in [6.45, 7) is 1.35. The molecule has 1 atom stereocenters. The molecule has 36 heavy (non-hydrogen) atoms. The third-order valence-electron chi connectivity index (χ3n) is 8.32. The van der Waals surface area contributed by atoms with Crippen LogP contribution >= 0.6 is 0 Å². The summed E-state index contributed by atoms with van der Waals surface area (Å²) in [6, 6.07) is 10.7. The van der Waals surface area contributed by atoms with Gasteiger partial charge in [-0.25, -0.2) is 0 Å². The summed E-state index contributed by atoms with van der Waals surface area (Å²) < 4.78 is 5.44. The summed E-state index contributed by atoms with van der Waals surface area (Å²) in [5.41, 5.74) is 2.80. The lowest BCUT2D eigenvalue weighted by molar-refractivity contribution is -0.145. The normalized spacial score (nSPS) is 21.3. The van der Waals surface area contributed by atoms with Crippen molar-refractivity contribution in [1.82, 2.24) is 19.8 Å². The Kier molecular flexibility index (Phi) is 5.71. The molecule has 8 nitrogen and oxygen atoms in total. The van der Waals surface area contributed by atoms with Crippen LogP contribution in [0.1, 0.15) is 59.9 Å². The number of aromatic nitrogens is 2. The molecule has 2 N–H and O–H groups in total. The van der Waals surface area contributed by atoms with Crippen molar-refractivity contribution >= 4 is 22.7 Å². The first-order valence-corrected chi connectivity index (χ1v) is 12.9. The summed E-state index contributed by atoms with van der Waals surface area (Å²) in [7, 11) is 1.63. The standard InChI is InChI=1S/C28H32N4O4/c1-36-19-10-11-20-22(13-19)30-25-23(14-33)32(27(35)21-9-5-6-12-29-21)17-28(24(20)25)15-31(16-28)26(34)18-7-3-2-4-8-18/h5-6,9-13,18,23,30,33H,2-4,7-8,14-17H2,1H3/t23-/m1/s1. The molecule has 188 valence electrons. The van der Waals surface area contributed by atoms with Crippen LogP contribution in [0, 0.1) is 5.92 Å². The van der Waals surface area contributed by atoms with E-state index in [-0.39, 0.29) is 24.3 Å². The lowest BCUT2D eigenvalue weighted by atomic mass is 9.68. The predicted molar refractivity (Wildman–Crippen MR) is 135 cm³/mol. The maximum absolute atomic E-state index is 13.6. The lowest BCUT2D eigenvalue weighted by Crippen LogP contribution is -2.68. The number of ether oxygens (including phenoxy) is 1. The average Bonchev–Trinajstić information content (AvgIpc) is 3.30. The Balaban J connectivity index is 1.41. The maximum Gasteiger partial charge on any atom is 0.273 e. The summed E-state index contributed by atoms with van der Waals surface area (Å²) in [6.07, 6.45) is 7.00. The number of hydrogen-bond donors (Lipinski definition) is 2. The lowest BCUT2D eigenvalue weighted by Gasteiger charge is -2.56. The van der Waals surface area contributed by atoms with Crippen molar-refractivity contribution in [2.24, 2.45) is 5.92 Å². The van der Waals surface area contributed by atoms with Gasteiger partial charge in [-0.1, -0.05) is 25.3 Å². The van der Waals surface area contributed by atoms with Crippen LogP contribution in [0.4, 0.5) is 0 Å². The number of carbonyl (C=O) groups excluding carboxylic acids is 2. The van der Waals surface area contributed by atoms with Gasteiger partial charge in [-0.15, -0.1) is 0 Å². The number of carbonyl (C=O) groups is 2. The van der Waals surface area contributed by atoms with Crippen LogP contribution in [-0.2, 0) is 10.2 Å². The van der Waals surface area contributed by atoms with E-state index in [1.165, 1.54) is 6.42 Å². The van der Waals surface area contributed by atoms with Gasteiger partial charge in [-0.3, -0.25) is 14.6 Å². The van der Waals surface area contributed by atoms with Crippen molar-refractivity contribution < 1.29 is 19.4 Å². The number of rotatable bonds is 4. The molecule has 3 aromatic rings. The number of aromatic amines is 1. The van der Waals surface area contributed by atoms with Crippen LogP contribution < -0.4 is 4.74 Å². The van der Waals surface area contributed by atoms with Gasteiger partial charge >= 0.3 is 0 Å². The average molecular weight is 489 g/mol. The number of aliphatic hydroxyl groups is 1. The monoisotopic (exact) mass is 488 g/mol. The van der Waals surface area contributed by atoms with Crippen LogP contribution in [0.5, 0.6) is 5.75 Å². The van der Waals surface area contributed by atoms with Crippen molar-refractivity contribution in [2.75, 3.05) is 33.4 Å². The second-order valence-corrected chi connectivity index (χ2v) is 10.5. The molecule has 1 aromatic carbocycles. The zero-order valence-corrected chi connectivity index (χ0v) is 20.6. The molecule has 0 bridgehead atoms. The number of nitrogens with zero attached hydrogens (tertiary/aromatic N) is 3. The minimum atomic E-state index is -0.526. The largest absolute Gasteiger partial charge is 0.497 e. The molecule has 2 aliphatic heterocycles. The van der Waals surface area contributed by atoms with E-state index in [9.17, 15) is 14.7 Å². The SMILES string of the molecule is COc1ccc2c3c([nH]c2c1)[C@@H](CO)N(C(=O)c1ccccn1)CC31CN(C(=O)C2CCCCC2)C1. The number of hydrogen-bond acceptors (Lipinski definition) is 5. The third-order valence-corrected chi connectivity index (χ3v) is 8.32. The van der Waals surface area contributed by atoms with E-state index in [1.807, 2.05) is 23.1 Å². The first-order chi connectivity index (χ1) is 17.5. The molecular formula is C28H32N4O4. The number of amides is 2. The zero-order chi connectivity index (χ0) is 24.9. The Bertz CT molecular complexity index is 1290. The second kappa shape index (κ2) is 8.92. The Morgan fingerprint density at radius 2 is 1.94 bits per heavy atom. The quantitative estimate of drug-likeness (QED) is 0.586. The predicted octanol–water partition coefficient (Wildman–Crippen LogP) is 3.42. The van der Waals surface area contributed by atoms with Crippen molar-refractivity contribution in [2.45, 2.75) is 43.6 Å². The number of aliphatic hydroxyl groups excluding tert-OH is 1. The van der Waals surface area contributed by atoms with Gasteiger partial charge in [0, 0.05) is 54.4 Å². The van der Waals surface area contributed by atoms with Crippen molar-refractivity contribution in [3.63, 3.8) is 0 Å². The van der Waals surface area contributed by atoms with Gasteiger partial charge in [0.2, 0.25) is 5.91 Å². The van der Waals surface area contributed by atoms with Gasteiger partial charge in [-0.2, -0.15) is 0 Å². The minimum Gasteiger partial charge on any atom is -0.497 e. The Morgan fingerprint density at radius 3 is 2.64 bits per heavy atom. The van der Waals surface area contributed by atoms with Crippen LogP contribution in [0.25, 0.3) is 10.9 Å². The topological polar surface area (TPSA) is 98.8 Å². The van der Waals surface area contributed by atoms with Crippen molar-refractivity contribution in [3.8, 4) is 5.75 Å². The molecule has 4 heterocycles. The van der Waals surface area contributed by atoms with Crippen LogP contribution in [0.2, 0.25) is 0 Å². The van der Waals surface area contributed by atoms with Gasteiger partial charge in [0.05, 0.1) is 25.2 Å². The van der Waals surface area contributed by atoms with Crippen molar-refractivity contribution in [3.05, 3.63) is 59.5 Å². The summed E-state index contributed by atoms with van der Waals surface area (Å²) >= 11 is 0. The molecule has 1 aliphatic carbocycles. The van der Waals surface area contributed by atoms with Crippen LogP contribution in [0.15, 0.2) is 42.6 Å². The number of H-pyrrole nitrogens is 1. The molecule has 6 rings (SSSR count). The molecule has 0 unspecified atom stereocenters. The van der Waals surface area contributed by atoms with Crippen LogP contribution in [-0.4, -0.2) is 70.0 Å². The Hall–Kier alpha value is -3.39. The molecule has 0 radical (unpaired) electrons. The van der Waals surface area contributed by atoms with Crippen molar-refractivity contribution in [1.29, 1.82) is 0 Å². The highest BCUT2D eigenvalue weighted by molar-refractivity contribution is 5.95. The summed E-state index contributed by atoms with van der Waals surface area (Å²) in [5, 5.41) is 11.5. The van der Waals surface area contributed by atoms with Gasteiger partial charge in [0.1, 0.15) is 11.4 Å². The van der Waals surface area contributed by atoms with Crippen LogP contribution in [0.3, 0.4) is 0 Å². The van der Waals surface area contributed by atoms with Gasteiger partial charge in [0.25, 0.3) is 5.91 Å². The van der Waals surface area contributed by atoms with E-state index in [4.69, 9.17) is 4.74 Å². The highest BCUT2D eigenvalue weighted by Gasteiger charge is 2.55. The molecular weight excluding hydrogens is 456 g/mol. The molecule has 3 aliphatic rings.